The van der Waals surface area contributed by atoms with Gasteiger partial charge in [0.25, 0.3) is 0 Å². The standard InChI is InChI=1S/C16H26FNO/c1-12(2)11-18(13(3)4)10-9-16(19)14-5-7-15(17)8-6-14/h5-8,12-13,16,19H,9-11H2,1-4H3. The molecule has 1 aromatic rings. The lowest BCUT2D eigenvalue weighted by molar-refractivity contribution is 0.123. The van der Waals surface area contributed by atoms with Crippen molar-refractivity contribution in [2.24, 2.45) is 5.92 Å². The molecule has 0 spiro atoms. The van der Waals surface area contributed by atoms with E-state index in [0.29, 0.717) is 18.4 Å². The van der Waals surface area contributed by atoms with Crippen LogP contribution in [0.15, 0.2) is 24.3 Å². The Labute approximate surface area is 116 Å². The summed E-state index contributed by atoms with van der Waals surface area (Å²) in [5.41, 5.74) is 0.787. The highest BCUT2D eigenvalue weighted by Gasteiger charge is 2.14. The second kappa shape index (κ2) is 7.61. The normalized spacial score (nSPS) is 13.5. The summed E-state index contributed by atoms with van der Waals surface area (Å²) in [6.45, 7) is 10.6. The van der Waals surface area contributed by atoms with Gasteiger partial charge in [0.05, 0.1) is 6.10 Å². The van der Waals surface area contributed by atoms with E-state index < -0.39 is 6.10 Å². The van der Waals surface area contributed by atoms with Crippen molar-refractivity contribution in [1.82, 2.24) is 4.90 Å². The monoisotopic (exact) mass is 267 g/mol. The number of aliphatic hydroxyl groups excluding tert-OH is 1. The van der Waals surface area contributed by atoms with Crippen LogP contribution in [0.4, 0.5) is 4.39 Å². The van der Waals surface area contributed by atoms with E-state index in [1.165, 1.54) is 12.1 Å². The van der Waals surface area contributed by atoms with Crippen LogP contribution < -0.4 is 0 Å². The van der Waals surface area contributed by atoms with E-state index >= 15 is 0 Å². The molecule has 0 aromatic heterocycles. The maximum Gasteiger partial charge on any atom is 0.123 e. The molecule has 0 aliphatic heterocycles. The van der Waals surface area contributed by atoms with Crippen LogP contribution in [0, 0.1) is 11.7 Å². The van der Waals surface area contributed by atoms with E-state index in [1.54, 1.807) is 12.1 Å². The first-order valence-corrected chi connectivity index (χ1v) is 7.07. The number of hydrogen-bond donors (Lipinski definition) is 1. The van der Waals surface area contributed by atoms with E-state index in [9.17, 15) is 9.50 Å². The molecule has 0 saturated heterocycles. The largest absolute Gasteiger partial charge is 0.388 e. The lowest BCUT2D eigenvalue weighted by Gasteiger charge is -2.29. The molecule has 0 saturated carbocycles. The summed E-state index contributed by atoms with van der Waals surface area (Å²) in [6.07, 6.45) is 0.158. The number of rotatable bonds is 7. The Morgan fingerprint density at radius 3 is 2.16 bits per heavy atom. The zero-order valence-corrected chi connectivity index (χ0v) is 12.4. The van der Waals surface area contributed by atoms with Crippen LogP contribution in [0.3, 0.4) is 0 Å². The third kappa shape index (κ3) is 5.70. The van der Waals surface area contributed by atoms with Gasteiger partial charge in [0, 0.05) is 19.1 Å². The van der Waals surface area contributed by atoms with Crippen molar-refractivity contribution in [1.29, 1.82) is 0 Å². The highest BCUT2D eigenvalue weighted by molar-refractivity contribution is 5.18. The van der Waals surface area contributed by atoms with Gasteiger partial charge >= 0.3 is 0 Å². The van der Waals surface area contributed by atoms with Gasteiger partial charge in [0.15, 0.2) is 0 Å². The minimum Gasteiger partial charge on any atom is -0.388 e. The topological polar surface area (TPSA) is 23.5 Å². The molecule has 0 aliphatic carbocycles. The molecule has 0 amide bonds. The summed E-state index contributed by atoms with van der Waals surface area (Å²) in [7, 11) is 0. The van der Waals surface area contributed by atoms with Crippen molar-refractivity contribution in [3.63, 3.8) is 0 Å². The van der Waals surface area contributed by atoms with Gasteiger partial charge in [-0.15, -0.1) is 0 Å². The number of benzene rings is 1. The molecule has 0 aliphatic rings. The molecule has 1 N–H and O–H groups in total. The quantitative estimate of drug-likeness (QED) is 0.815. The molecule has 0 heterocycles. The first-order valence-electron chi connectivity index (χ1n) is 7.07. The van der Waals surface area contributed by atoms with Gasteiger partial charge < -0.3 is 10.0 Å². The van der Waals surface area contributed by atoms with Gasteiger partial charge in [-0.1, -0.05) is 26.0 Å². The second-order valence-corrected chi connectivity index (χ2v) is 5.84. The van der Waals surface area contributed by atoms with Crippen LogP contribution in [-0.4, -0.2) is 29.1 Å². The predicted octanol–water partition coefficient (Wildman–Crippen LogP) is 3.62. The minimum atomic E-state index is -0.519. The third-order valence-electron chi connectivity index (χ3n) is 3.27. The van der Waals surface area contributed by atoms with Crippen molar-refractivity contribution in [3.05, 3.63) is 35.6 Å². The van der Waals surface area contributed by atoms with Crippen LogP contribution in [0.5, 0.6) is 0 Å². The second-order valence-electron chi connectivity index (χ2n) is 5.84. The molecule has 108 valence electrons. The first-order chi connectivity index (χ1) is 8.90. The zero-order chi connectivity index (χ0) is 14.4. The number of aliphatic hydroxyl groups is 1. The van der Waals surface area contributed by atoms with Crippen molar-refractivity contribution in [3.8, 4) is 0 Å². The van der Waals surface area contributed by atoms with Crippen molar-refractivity contribution in [2.45, 2.75) is 46.3 Å². The summed E-state index contributed by atoms with van der Waals surface area (Å²) >= 11 is 0. The van der Waals surface area contributed by atoms with Gasteiger partial charge in [0.2, 0.25) is 0 Å². The fraction of sp³-hybridized carbons (Fsp3) is 0.625. The maximum absolute atomic E-state index is 12.8. The number of nitrogens with zero attached hydrogens (tertiary/aromatic N) is 1. The molecule has 19 heavy (non-hydrogen) atoms. The third-order valence-corrected chi connectivity index (χ3v) is 3.27. The Balaban J connectivity index is 2.51. The summed E-state index contributed by atoms with van der Waals surface area (Å²) in [4.78, 5) is 2.37. The lowest BCUT2D eigenvalue weighted by Crippen LogP contribution is -2.35. The fourth-order valence-corrected chi connectivity index (χ4v) is 2.17. The molecule has 3 heteroatoms. The van der Waals surface area contributed by atoms with E-state index in [2.05, 4.69) is 32.6 Å². The Morgan fingerprint density at radius 2 is 1.68 bits per heavy atom. The molecular weight excluding hydrogens is 241 g/mol. The average Bonchev–Trinajstić information content (AvgIpc) is 2.34. The average molecular weight is 267 g/mol. The van der Waals surface area contributed by atoms with Gasteiger partial charge in [-0.2, -0.15) is 0 Å². The van der Waals surface area contributed by atoms with Gasteiger partial charge in [-0.3, -0.25) is 0 Å². The minimum absolute atomic E-state index is 0.264. The number of halogens is 1. The Bertz CT molecular complexity index is 362. The van der Waals surface area contributed by atoms with Crippen LogP contribution in [0.2, 0.25) is 0 Å². The summed E-state index contributed by atoms with van der Waals surface area (Å²) in [6, 6.07) is 6.58. The molecule has 2 nitrogen and oxygen atoms in total. The lowest BCUT2D eigenvalue weighted by atomic mass is 10.1. The van der Waals surface area contributed by atoms with E-state index in [-0.39, 0.29) is 5.82 Å². The van der Waals surface area contributed by atoms with E-state index in [0.717, 1.165) is 18.7 Å². The van der Waals surface area contributed by atoms with Crippen LogP contribution in [0.1, 0.15) is 45.8 Å². The smallest absolute Gasteiger partial charge is 0.123 e. The highest BCUT2D eigenvalue weighted by Crippen LogP contribution is 2.18. The molecule has 0 bridgehead atoms. The molecule has 0 radical (unpaired) electrons. The summed E-state index contributed by atoms with van der Waals surface area (Å²) < 4.78 is 12.8. The Kier molecular flexibility index (Phi) is 6.46. The Morgan fingerprint density at radius 1 is 1.11 bits per heavy atom. The van der Waals surface area contributed by atoms with Gasteiger partial charge in [-0.25, -0.2) is 4.39 Å². The fourth-order valence-electron chi connectivity index (χ4n) is 2.17. The summed E-state index contributed by atoms with van der Waals surface area (Å²) in [5, 5.41) is 10.1. The van der Waals surface area contributed by atoms with E-state index in [1.807, 2.05) is 0 Å². The predicted molar refractivity (Wildman–Crippen MR) is 77.5 cm³/mol. The Hall–Kier alpha value is -0.930. The molecule has 1 unspecified atom stereocenters. The molecule has 1 atom stereocenters. The van der Waals surface area contributed by atoms with Crippen LogP contribution >= 0.6 is 0 Å². The number of hydrogen-bond acceptors (Lipinski definition) is 2. The highest BCUT2D eigenvalue weighted by atomic mass is 19.1. The maximum atomic E-state index is 12.8. The van der Waals surface area contributed by atoms with Crippen molar-refractivity contribution in [2.75, 3.05) is 13.1 Å². The van der Waals surface area contributed by atoms with Crippen LogP contribution in [0.25, 0.3) is 0 Å². The van der Waals surface area contributed by atoms with Crippen LogP contribution in [-0.2, 0) is 0 Å². The first kappa shape index (κ1) is 16.1. The molecule has 1 rings (SSSR count). The molecular formula is C16H26FNO. The zero-order valence-electron chi connectivity index (χ0n) is 12.4. The summed E-state index contributed by atoms with van der Waals surface area (Å²) in [5.74, 6) is 0.352. The van der Waals surface area contributed by atoms with Gasteiger partial charge in [0.1, 0.15) is 5.82 Å². The van der Waals surface area contributed by atoms with E-state index in [4.69, 9.17) is 0 Å². The molecule has 0 fully saturated rings. The van der Waals surface area contributed by atoms with Crippen molar-refractivity contribution < 1.29 is 9.50 Å². The SMILES string of the molecule is CC(C)CN(CCC(O)c1ccc(F)cc1)C(C)C. The van der Waals surface area contributed by atoms with Crippen molar-refractivity contribution >= 4 is 0 Å². The van der Waals surface area contributed by atoms with Gasteiger partial charge in [-0.05, 0) is 43.9 Å². The molecule has 1 aromatic carbocycles.